The van der Waals surface area contributed by atoms with Gasteiger partial charge in [0, 0.05) is 12.1 Å². The number of amides is 1. The minimum absolute atomic E-state index is 0.0839. The lowest BCUT2D eigenvalue weighted by Gasteiger charge is -2.07. The van der Waals surface area contributed by atoms with Gasteiger partial charge >= 0.3 is 0 Å². The Balaban J connectivity index is 1.69. The molecular formula is C16H12F2N4O2. The van der Waals surface area contributed by atoms with Crippen molar-refractivity contribution in [1.82, 2.24) is 10.1 Å². The van der Waals surface area contributed by atoms with Crippen LogP contribution in [-0.4, -0.2) is 16.0 Å². The van der Waals surface area contributed by atoms with Crippen LogP contribution in [-0.2, 0) is 0 Å². The van der Waals surface area contributed by atoms with E-state index in [1.54, 1.807) is 19.1 Å². The van der Waals surface area contributed by atoms with Crippen molar-refractivity contribution in [2.45, 2.75) is 6.92 Å². The van der Waals surface area contributed by atoms with Crippen molar-refractivity contribution in [2.24, 2.45) is 0 Å². The van der Waals surface area contributed by atoms with Gasteiger partial charge in [0.2, 0.25) is 0 Å². The van der Waals surface area contributed by atoms with E-state index in [4.69, 9.17) is 4.52 Å². The Morgan fingerprint density at radius 2 is 2.00 bits per heavy atom. The highest BCUT2D eigenvalue weighted by molar-refractivity contribution is 6.03. The third-order valence-electron chi connectivity index (χ3n) is 3.08. The van der Waals surface area contributed by atoms with E-state index in [1.165, 1.54) is 12.3 Å². The number of hydrogen-bond donors (Lipinski definition) is 2. The number of carbonyl (C=O) groups excluding carboxylic acids is 1. The molecule has 3 aromatic rings. The number of carbonyl (C=O) groups is 1. The molecule has 1 amide bonds. The fraction of sp³-hybridized carbons (Fsp3) is 0.0625. The molecule has 0 radical (unpaired) electrons. The van der Waals surface area contributed by atoms with E-state index in [2.05, 4.69) is 20.8 Å². The highest BCUT2D eigenvalue weighted by Crippen LogP contribution is 2.18. The molecule has 0 saturated heterocycles. The molecule has 0 unspecified atom stereocenters. The summed E-state index contributed by atoms with van der Waals surface area (Å²) in [5.74, 6) is -1.02. The van der Waals surface area contributed by atoms with Crippen LogP contribution in [0, 0.1) is 18.6 Å². The molecule has 0 spiro atoms. The average molecular weight is 330 g/mol. The van der Waals surface area contributed by atoms with Crippen LogP contribution in [0.5, 0.6) is 0 Å². The van der Waals surface area contributed by atoms with Crippen LogP contribution in [0.3, 0.4) is 0 Å². The molecule has 0 atom stereocenters. The Kier molecular flexibility index (Phi) is 4.19. The van der Waals surface area contributed by atoms with Crippen molar-refractivity contribution in [3.05, 3.63) is 65.7 Å². The molecule has 3 rings (SSSR count). The van der Waals surface area contributed by atoms with Crippen molar-refractivity contribution in [1.29, 1.82) is 0 Å². The predicted molar refractivity (Wildman–Crippen MR) is 83.1 cm³/mol. The minimum Gasteiger partial charge on any atom is -0.360 e. The van der Waals surface area contributed by atoms with Gasteiger partial charge in [0.25, 0.3) is 5.91 Å². The summed E-state index contributed by atoms with van der Waals surface area (Å²) in [6, 6.07) is 7.68. The normalized spacial score (nSPS) is 10.5. The van der Waals surface area contributed by atoms with E-state index in [9.17, 15) is 13.6 Å². The molecule has 0 bridgehead atoms. The molecule has 2 aromatic heterocycles. The zero-order chi connectivity index (χ0) is 17.1. The first-order valence-electron chi connectivity index (χ1n) is 6.94. The first kappa shape index (κ1) is 15.6. The number of halogens is 2. The maximum atomic E-state index is 13.5. The Hall–Kier alpha value is -3.29. The summed E-state index contributed by atoms with van der Waals surface area (Å²) in [5, 5.41) is 9.07. The van der Waals surface area contributed by atoms with E-state index in [-0.39, 0.29) is 11.4 Å². The Labute approximate surface area is 135 Å². The highest BCUT2D eigenvalue weighted by Gasteiger charge is 2.11. The van der Waals surface area contributed by atoms with E-state index < -0.39 is 17.5 Å². The molecule has 0 fully saturated rings. The fourth-order valence-electron chi connectivity index (χ4n) is 1.95. The molecule has 122 valence electrons. The van der Waals surface area contributed by atoms with Gasteiger partial charge in [-0.25, -0.2) is 13.8 Å². The average Bonchev–Trinajstić information content (AvgIpc) is 2.96. The summed E-state index contributed by atoms with van der Waals surface area (Å²) in [6.45, 7) is 1.76. The number of hydrogen-bond acceptors (Lipinski definition) is 5. The molecule has 0 aliphatic heterocycles. The molecular weight excluding hydrogens is 318 g/mol. The lowest BCUT2D eigenvalue weighted by atomic mass is 10.2. The lowest BCUT2D eigenvalue weighted by Crippen LogP contribution is -2.14. The monoisotopic (exact) mass is 330 g/mol. The number of benzene rings is 1. The Morgan fingerprint density at radius 1 is 1.17 bits per heavy atom. The number of anilines is 3. The van der Waals surface area contributed by atoms with Gasteiger partial charge in [-0.1, -0.05) is 5.16 Å². The number of rotatable bonds is 4. The topological polar surface area (TPSA) is 80.0 Å². The molecule has 0 aliphatic rings. The summed E-state index contributed by atoms with van der Waals surface area (Å²) in [7, 11) is 0. The predicted octanol–water partition coefficient (Wildman–Crippen LogP) is 3.65. The van der Waals surface area contributed by atoms with Gasteiger partial charge in [0.05, 0.1) is 17.6 Å². The van der Waals surface area contributed by atoms with Crippen molar-refractivity contribution < 1.29 is 18.1 Å². The van der Waals surface area contributed by atoms with Crippen molar-refractivity contribution in [3.8, 4) is 0 Å². The molecule has 0 saturated carbocycles. The first-order chi connectivity index (χ1) is 11.5. The van der Waals surface area contributed by atoms with Gasteiger partial charge in [-0.2, -0.15) is 0 Å². The second-order valence-electron chi connectivity index (χ2n) is 4.96. The third kappa shape index (κ3) is 3.54. The van der Waals surface area contributed by atoms with Crippen molar-refractivity contribution >= 4 is 23.1 Å². The van der Waals surface area contributed by atoms with Gasteiger partial charge < -0.3 is 15.2 Å². The lowest BCUT2D eigenvalue weighted by molar-refractivity contribution is 0.102. The zero-order valence-corrected chi connectivity index (χ0v) is 12.5. The zero-order valence-electron chi connectivity index (χ0n) is 12.5. The summed E-state index contributed by atoms with van der Waals surface area (Å²) in [5.41, 5.74) is 0.567. The summed E-state index contributed by atoms with van der Waals surface area (Å²) < 4.78 is 31.3. The quantitative estimate of drug-likeness (QED) is 0.763. The number of nitrogens with zero attached hydrogens (tertiary/aromatic N) is 2. The van der Waals surface area contributed by atoms with Gasteiger partial charge in [-0.05, 0) is 31.2 Å². The molecule has 6 nitrogen and oxygen atoms in total. The number of nitrogens with one attached hydrogen (secondary N) is 2. The maximum absolute atomic E-state index is 13.5. The standard InChI is InChI=1S/C16H12F2N4O2/c1-9-6-15(22-24-9)20-11-3-5-14(19-8-11)16(23)21-13-4-2-10(17)7-12(13)18/h2-8H,1H3,(H,20,22)(H,21,23). The molecule has 24 heavy (non-hydrogen) atoms. The second-order valence-corrected chi connectivity index (χ2v) is 4.96. The van der Waals surface area contributed by atoms with Crippen LogP contribution in [0.4, 0.5) is 26.0 Å². The number of aryl methyl sites for hydroxylation is 1. The largest absolute Gasteiger partial charge is 0.360 e. The van der Waals surface area contributed by atoms with E-state index in [0.29, 0.717) is 23.3 Å². The van der Waals surface area contributed by atoms with Crippen LogP contribution in [0.2, 0.25) is 0 Å². The van der Waals surface area contributed by atoms with Crippen LogP contribution >= 0.6 is 0 Å². The molecule has 8 heteroatoms. The van der Waals surface area contributed by atoms with Gasteiger partial charge in [-0.15, -0.1) is 0 Å². The summed E-state index contributed by atoms with van der Waals surface area (Å²) >= 11 is 0. The maximum Gasteiger partial charge on any atom is 0.274 e. The van der Waals surface area contributed by atoms with Crippen molar-refractivity contribution in [2.75, 3.05) is 10.6 Å². The van der Waals surface area contributed by atoms with Gasteiger partial charge in [-0.3, -0.25) is 4.79 Å². The van der Waals surface area contributed by atoms with E-state index in [1.807, 2.05) is 0 Å². The number of aromatic nitrogens is 2. The van der Waals surface area contributed by atoms with Crippen LogP contribution in [0.15, 0.2) is 47.1 Å². The van der Waals surface area contributed by atoms with Crippen molar-refractivity contribution in [3.63, 3.8) is 0 Å². The van der Waals surface area contributed by atoms with Crippen LogP contribution in [0.1, 0.15) is 16.2 Å². The third-order valence-corrected chi connectivity index (χ3v) is 3.08. The van der Waals surface area contributed by atoms with Crippen LogP contribution < -0.4 is 10.6 Å². The van der Waals surface area contributed by atoms with Gasteiger partial charge in [0.15, 0.2) is 5.82 Å². The molecule has 0 aliphatic carbocycles. The SMILES string of the molecule is Cc1cc(Nc2ccc(C(=O)Nc3ccc(F)cc3F)nc2)no1. The first-order valence-corrected chi connectivity index (χ1v) is 6.94. The smallest absolute Gasteiger partial charge is 0.274 e. The van der Waals surface area contributed by atoms with E-state index in [0.717, 1.165) is 12.1 Å². The molecule has 2 heterocycles. The Morgan fingerprint density at radius 3 is 2.62 bits per heavy atom. The second kappa shape index (κ2) is 6.45. The summed E-state index contributed by atoms with van der Waals surface area (Å²) in [4.78, 5) is 16.0. The fourth-order valence-corrected chi connectivity index (χ4v) is 1.95. The van der Waals surface area contributed by atoms with Crippen LogP contribution in [0.25, 0.3) is 0 Å². The highest BCUT2D eigenvalue weighted by atomic mass is 19.1. The number of pyridine rings is 1. The van der Waals surface area contributed by atoms with E-state index >= 15 is 0 Å². The Bertz CT molecular complexity index is 878. The minimum atomic E-state index is -0.858. The molecule has 2 N–H and O–H groups in total. The van der Waals surface area contributed by atoms with Gasteiger partial charge in [0.1, 0.15) is 23.1 Å². The summed E-state index contributed by atoms with van der Waals surface area (Å²) in [6.07, 6.45) is 1.43. The molecule has 1 aromatic carbocycles.